The number of benzene rings is 2. The molecule has 0 saturated carbocycles. The van der Waals surface area contributed by atoms with Gasteiger partial charge in [-0.15, -0.1) is 0 Å². The number of halogens is 2. The summed E-state index contributed by atoms with van der Waals surface area (Å²) in [6.45, 7) is 2.02. The maximum Gasteiger partial charge on any atom is 0.138 e. The highest BCUT2D eigenvalue weighted by atomic mass is 35.5. The summed E-state index contributed by atoms with van der Waals surface area (Å²) in [7, 11) is 0. The Balaban J connectivity index is 2.37. The highest BCUT2D eigenvalue weighted by Crippen LogP contribution is 2.30. The fourth-order valence-electron chi connectivity index (χ4n) is 1.81. The molecule has 0 aliphatic rings. The molecule has 2 aromatic rings. The van der Waals surface area contributed by atoms with Crippen molar-refractivity contribution in [3.05, 3.63) is 57.6 Å². The van der Waals surface area contributed by atoms with Crippen LogP contribution >= 0.6 is 23.2 Å². The maximum absolute atomic E-state index is 7.57. The monoisotopic (exact) mass is 308 g/mol. The van der Waals surface area contributed by atoms with E-state index in [0.717, 1.165) is 12.0 Å². The van der Waals surface area contributed by atoms with E-state index in [1.54, 1.807) is 30.3 Å². The van der Waals surface area contributed by atoms with Gasteiger partial charge in [0.2, 0.25) is 0 Å². The molecular weight excluding hydrogens is 295 g/mol. The number of hydrogen-bond acceptors (Lipinski definition) is 2. The fraction of sp³-hybridized carbons (Fsp3) is 0.133. The Labute approximate surface area is 127 Å². The van der Waals surface area contributed by atoms with Crippen molar-refractivity contribution in [3.8, 4) is 11.5 Å². The van der Waals surface area contributed by atoms with Crippen LogP contribution in [0.5, 0.6) is 11.5 Å². The average molecular weight is 309 g/mol. The van der Waals surface area contributed by atoms with Crippen molar-refractivity contribution < 1.29 is 4.74 Å². The molecule has 0 aliphatic heterocycles. The van der Waals surface area contributed by atoms with Crippen LogP contribution < -0.4 is 10.5 Å². The van der Waals surface area contributed by atoms with E-state index >= 15 is 0 Å². The third kappa shape index (κ3) is 3.24. The van der Waals surface area contributed by atoms with Gasteiger partial charge < -0.3 is 10.5 Å². The third-order valence-corrected chi connectivity index (χ3v) is 3.46. The number of nitrogens with one attached hydrogen (secondary N) is 1. The van der Waals surface area contributed by atoms with Crippen LogP contribution in [-0.2, 0) is 6.42 Å². The predicted molar refractivity (Wildman–Crippen MR) is 83.4 cm³/mol. The Morgan fingerprint density at radius 1 is 1.20 bits per heavy atom. The maximum atomic E-state index is 7.57. The molecule has 0 unspecified atom stereocenters. The summed E-state index contributed by atoms with van der Waals surface area (Å²) in [5, 5.41) is 8.79. The zero-order valence-electron chi connectivity index (χ0n) is 10.9. The molecule has 3 nitrogen and oxygen atoms in total. The second-order valence-electron chi connectivity index (χ2n) is 4.26. The first-order chi connectivity index (χ1) is 9.51. The first-order valence-electron chi connectivity index (χ1n) is 6.11. The Hall–Kier alpha value is -1.71. The van der Waals surface area contributed by atoms with Gasteiger partial charge in [-0.25, -0.2) is 0 Å². The summed E-state index contributed by atoms with van der Waals surface area (Å²) in [6, 6.07) is 10.4. The van der Waals surface area contributed by atoms with Crippen molar-refractivity contribution in [1.29, 1.82) is 5.41 Å². The van der Waals surface area contributed by atoms with Gasteiger partial charge in [0, 0.05) is 10.0 Å². The van der Waals surface area contributed by atoms with E-state index < -0.39 is 0 Å². The number of rotatable bonds is 4. The SMILES string of the molecule is CCc1cc(Oc2ccc(Cl)cc2C(=N)N)ccc1Cl. The van der Waals surface area contributed by atoms with Gasteiger partial charge in [-0.05, 0) is 48.4 Å². The Bertz CT molecular complexity index is 656. The quantitative estimate of drug-likeness (QED) is 0.639. The van der Waals surface area contributed by atoms with E-state index in [1.165, 1.54) is 0 Å². The van der Waals surface area contributed by atoms with Crippen molar-refractivity contribution in [2.24, 2.45) is 5.73 Å². The first kappa shape index (κ1) is 14.7. The van der Waals surface area contributed by atoms with Crippen LogP contribution in [0.1, 0.15) is 18.1 Å². The Morgan fingerprint density at radius 3 is 2.60 bits per heavy atom. The highest BCUT2D eigenvalue weighted by Gasteiger charge is 2.09. The number of nitrogens with two attached hydrogens (primary N) is 1. The van der Waals surface area contributed by atoms with Crippen LogP contribution in [-0.4, -0.2) is 5.84 Å². The molecule has 2 aromatic carbocycles. The molecule has 0 amide bonds. The van der Waals surface area contributed by atoms with Crippen molar-refractivity contribution >= 4 is 29.0 Å². The summed E-state index contributed by atoms with van der Waals surface area (Å²) >= 11 is 12.0. The van der Waals surface area contributed by atoms with Gasteiger partial charge in [0.05, 0.1) is 5.56 Å². The van der Waals surface area contributed by atoms with Crippen molar-refractivity contribution in [3.63, 3.8) is 0 Å². The van der Waals surface area contributed by atoms with Crippen LogP contribution in [0.3, 0.4) is 0 Å². The van der Waals surface area contributed by atoms with E-state index in [1.807, 2.05) is 13.0 Å². The van der Waals surface area contributed by atoms with Crippen LogP contribution in [0.25, 0.3) is 0 Å². The molecule has 104 valence electrons. The van der Waals surface area contributed by atoms with Crippen LogP contribution in [0, 0.1) is 5.41 Å². The number of hydrogen-bond donors (Lipinski definition) is 2. The molecular formula is C15H14Cl2N2O. The second-order valence-corrected chi connectivity index (χ2v) is 5.11. The Morgan fingerprint density at radius 2 is 1.95 bits per heavy atom. The molecule has 0 radical (unpaired) electrons. The lowest BCUT2D eigenvalue weighted by molar-refractivity contribution is 0.481. The fourth-order valence-corrected chi connectivity index (χ4v) is 2.24. The van der Waals surface area contributed by atoms with E-state index in [2.05, 4.69) is 0 Å². The number of ether oxygens (including phenoxy) is 1. The van der Waals surface area contributed by atoms with Gasteiger partial charge in [-0.2, -0.15) is 0 Å². The lowest BCUT2D eigenvalue weighted by Crippen LogP contribution is -2.12. The molecule has 0 bridgehead atoms. The minimum absolute atomic E-state index is 0.0906. The topological polar surface area (TPSA) is 59.1 Å². The van der Waals surface area contributed by atoms with Gasteiger partial charge in [0.1, 0.15) is 17.3 Å². The summed E-state index contributed by atoms with van der Waals surface area (Å²) in [4.78, 5) is 0. The summed E-state index contributed by atoms with van der Waals surface area (Å²) < 4.78 is 5.79. The van der Waals surface area contributed by atoms with E-state index in [-0.39, 0.29) is 5.84 Å². The molecule has 3 N–H and O–H groups in total. The van der Waals surface area contributed by atoms with Gasteiger partial charge in [-0.3, -0.25) is 5.41 Å². The van der Waals surface area contributed by atoms with E-state index in [9.17, 15) is 0 Å². The molecule has 0 spiro atoms. The average Bonchev–Trinajstić information content (AvgIpc) is 2.42. The molecule has 2 rings (SSSR count). The van der Waals surface area contributed by atoms with Gasteiger partial charge in [0.25, 0.3) is 0 Å². The molecule has 0 aromatic heterocycles. The minimum Gasteiger partial charge on any atom is -0.457 e. The smallest absolute Gasteiger partial charge is 0.138 e. The zero-order chi connectivity index (χ0) is 14.7. The summed E-state index contributed by atoms with van der Waals surface area (Å²) in [5.41, 5.74) is 7.01. The lowest BCUT2D eigenvalue weighted by Gasteiger charge is -2.12. The minimum atomic E-state index is -0.0906. The molecule has 0 aliphatic carbocycles. The summed E-state index contributed by atoms with van der Waals surface area (Å²) in [5.74, 6) is 1.05. The van der Waals surface area contributed by atoms with E-state index in [4.69, 9.17) is 39.1 Å². The lowest BCUT2D eigenvalue weighted by atomic mass is 10.1. The number of nitrogen functional groups attached to an aromatic ring is 1. The van der Waals surface area contributed by atoms with Gasteiger partial charge in [-0.1, -0.05) is 30.1 Å². The summed E-state index contributed by atoms with van der Waals surface area (Å²) in [6.07, 6.45) is 0.816. The van der Waals surface area contributed by atoms with Crippen molar-refractivity contribution in [2.75, 3.05) is 0 Å². The predicted octanol–water partition coefficient (Wildman–Crippen LogP) is 4.63. The second kappa shape index (κ2) is 6.16. The normalized spacial score (nSPS) is 10.3. The van der Waals surface area contributed by atoms with E-state index in [0.29, 0.717) is 27.1 Å². The molecule has 0 saturated heterocycles. The molecule has 0 heterocycles. The highest BCUT2D eigenvalue weighted by molar-refractivity contribution is 6.31. The van der Waals surface area contributed by atoms with Crippen LogP contribution in [0.2, 0.25) is 10.0 Å². The Kier molecular flexibility index (Phi) is 4.53. The van der Waals surface area contributed by atoms with Crippen LogP contribution in [0.4, 0.5) is 0 Å². The number of aryl methyl sites for hydroxylation is 1. The zero-order valence-corrected chi connectivity index (χ0v) is 12.4. The van der Waals surface area contributed by atoms with Gasteiger partial charge in [0.15, 0.2) is 0 Å². The molecule has 0 atom stereocenters. The van der Waals surface area contributed by atoms with Crippen LogP contribution in [0.15, 0.2) is 36.4 Å². The van der Waals surface area contributed by atoms with Gasteiger partial charge >= 0.3 is 0 Å². The first-order valence-corrected chi connectivity index (χ1v) is 6.87. The largest absolute Gasteiger partial charge is 0.457 e. The van der Waals surface area contributed by atoms with Crippen molar-refractivity contribution in [1.82, 2.24) is 0 Å². The number of amidine groups is 1. The molecule has 0 fully saturated rings. The van der Waals surface area contributed by atoms with Crippen molar-refractivity contribution in [2.45, 2.75) is 13.3 Å². The molecule has 20 heavy (non-hydrogen) atoms. The standard InChI is InChI=1S/C15H14Cl2N2O/c1-2-9-7-11(4-5-13(9)17)20-14-6-3-10(16)8-12(14)15(18)19/h3-8H,2H2,1H3,(H3,18,19). The third-order valence-electron chi connectivity index (χ3n) is 2.86. The molecule has 5 heteroatoms.